The number of aryl methyl sites for hydroxylation is 2. The van der Waals surface area contributed by atoms with Gasteiger partial charge in [0.15, 0.2) is 11.6 Å². The molecule has 2 heterocycles. The van der Waals surface area contributed by atoms with Gasteiger partial charge in [0.1, 0.15) is 0 Å². The molecule has 3 rings (SSSR count). The van der Waals surface area contributed by atoms with E-state index in [2.05, 4.69) is 10.4 Å². The number of rotatable bonds is 4. The maximum absolute atomic E-state index is 13.3. The van der Waals surface area contributed by atoms with Gasteiger partial charge in [-0.2, -0.15) is 5.10 Å². The Morgan fingerprint density at radius 3 is 2.73 bits per heavy atom. The highest BCUT2D eigenvalue weighted by molar-refractivity contribution is 5.89. The van der Waals surface area contributed by atoms with Crippen molar-refractivity contribution in [2.45, 2.75) is 32.4 Å². The lowest BCUT2D eigenvalue weighted by atomic mass is 10.2. The van der Waals surface area contributed by atoms with Gasteiger partial charge in [0.05, 0.1) is 24.4 Å². The summed E-state index contributed by atoms with van der Waals surface area (Å²) < 4.78 is 28.0. The van der Waals surface area contributed by atoms with Gasteiger partial charge in [0.2, 0.25) is 0 Å². The molecule has 2 N–H and O–H groups in total. The fourth-order valence-electron chi connectivity index (χ4n) is 2.83. The summed E-state index contributed by atoms with van der Waals surface area (Å²) in [5, 5.41) is 15.7. The minimum absolute atomic E-state index is 0.00319. The molecule has 1 aliphatic heterocycles. The van der Waals surface area contributed by atoms with E-state index in [-0.39, 0.29) is 12.1 Å². The maximum Gasteiger partial charge on any atom is 0.322 e. The third-order valence-corrected chi connectivity index (χ3v) is 4.12. The molecule has 0 saturated carbocycles. The summed E-state index contributed by atoms with van der Waals surface area (Å²) in [5.74, 6) is -2.89. The highest BCUT2D eigenvalue weighted by atomic mass is 19.2. The number of benzene rings is 1. The summed E-state index contributed by atoms with van der Waals surface area (Å²) in [5.41, 5.74) is 1.65. The van der Waals surface area contributed by atoms with E-state index in [1.165, 1.54) is 6.07 Å². The van der Waals surface area contributed by atoms with Crippen LogP contribution in [-0.2, 0) is 24.3 Å². The number of urea groups is 1. The zero-order chi connectivity index (χ0) is 18.7. The minimum atomic E-state index is -1.03. The molecule has 0 radical (unpaired) electrons. The van der Waals surface area contributed by atoms with Gasteiger partial charge in [-0.15, -0.1) is 0 Å². The van der Waals surface area contributed by atoms with Crippen LogP contribution >= 0.6 is 0 Å². The number of carbonyl (C=O) groups excluding carboxylic acids is 1. The summed E-state index contributed by atoms with van der Waals surface area (Å²) in [6, 6.07) is 4.56. The van der Waals surface area contributed by atoms with E-state index in [0.717, 1.165) is 17.8 Å². The SMILES string of the molecule is O=C(O)CCc1cc2n(n1)CCCN(C(=O)Nc1ccc(F)c(F)c1)C2. The Hall–Kier alpha value is -2.97. The molecule has 138 valence electrons. The minimum Gasteiger partial charge on any atom is -0.481 e. The number of nitrogens with one attached hydrogen (secondary N) is 1. The highest BCUT2D eigenvalue weighted by Gasteiger charge is 2.21. The lowest BCUT2D eigenvalue weighted by molar-refractivity contribution is -0.136. The number of fused-ring (bicyclic) bond motifs is 1. The van der Waals surface area contributed by atoms with Crippen molar-refractivity contribution in [1.82, 2.24) is 14.7 Å². The standard InChI is InChI=1S/C17H18F2N4O3/c18-14-4-2-11(9-15(14)19)20-17(26)22-6-1-7-23-13(10-22)8-12(21-23)3-5-16(24)25/h2,4,8-9H,1,3,5-7,10H2,(H,20,26)(H,24,25). The molecule has 1 aromatic heterocycles. The van der Waals surface area contributed by atoms with Crippen molar-refractivity contribution in [3.05, 3.63) is 47.3 Å². The van der Waals surface area contributed by atoms with Crippen molar-refractivity contribution in [2.24, 2.45) is 0 Å². The molecule has 0 aliphatic carbocycles. The van der Waals surface area contributed by atoms with Crippen molar-refractivity contribution in [3.63, 3.8) is 0 Å². The van der Waals surface area contributed by atoms with Crippen LogP contribution in [-0.4, -0.2) is 38.3 Å². The zero-order valence-corrected chi connectivity index (χ0v) is 13.9. The third-order valence-electron chi connectivity index (χ3n) is 4.12. The summed E-state index contributed by atoms with van der Waals surface area (Å²) in [7, 11) is 0. The number of hydrogen-bond acceptors (Lipinski definition) is 3. The first kappa shape index (κ1) is 17.8. The van der Waals surface area contributed by atoms with E-state index < -0.39 is 23.6 Å². The van der Waals surface area contributed by atoms with E-state index in [1.807, 2.05) is 0 Å². The number of carbonyl (C=O) groups is 2. The summed E-state index contributed by atoms with van der Waals surface area (Å²) >= 11 is 0. The number of halogens is 2. The molecule has 1 aromatic carbocycles. The topological polar surface area (TPSA) is 87.5 Å². The number of carboxylic acids is 1. The van der Waals surface area contributed by atoms with E-state index in [4.69, 9.17) is 5.11 Å². The molecule has 0 atom stereocenters. The molecule has 7 nitrogen and oxygen atoms in total. The van der Waals surface area contributed by atoms with Crippen LogP contribution in [0.15, 0.2) is 24.3 Å². The second kappa shape index (κ2) is 7.51. The quantitative estimate of drug-likeness (QED) is 0.873. The molecule has 0 spiro atoms. The Bertz CT molecular complexity index is 837. The van der Waals surface area contributed by atoms with Gasteiger partial charge in [-0.3, -0.25) is 9.48 Å². The Kier molecular flexibility index (Phi) is 5.15. The highest BCUT2D eigenvalue weighted by Crippen LogP contribution is 2.18. The molecule has 26 heavy (non-hydrogen) atoms. The lowest BCUT2D eigenvalue weighted by Gasteiger charge is -2.20. The first-order valence-electron chi connectivity index (χ1n) is 8.21. The average molecular weight is 364 g/mol. The summed E-state index contributed by atoms with van der Waals surface area (Å²) in [6.45, 7) is 1.41. The van der Waals surface area contributed by atoms with Crippen LogP contribution < -0.4 is 5.32 Å². The smallest absolute Gasteiger partial charge is 0.322 e. The maximum atomic E-state index is 13.3. The van der Waals surface area contributed by atoms with Gasteiger partial charge in [-0.05, 0) is 24.6 Å². The summed E-state index contributed by atoms with van der Waals surface area (Å²) in [4.78, 5) is 24.7. The van der Waals surface area contributed by atoms with Crippen molar-refractivity contribution in [2.75, 3.05) is 11.9 Å². The van der Waals surface area contributed by atoms with Gasteiger partial charge in [0, 0.05) is 31.3 Å². The second-order valence-corrected chi connectivity index (χ2v) is 6.08. The molecule has 0 fully saturated rings. The average Bonchev–Trinajstić information content (AvgIpc) is 2.86. The number of anilines is 1. The van der Waals surface area contributed by atoms with Gasteiger partial charge in [0.25, 0.3) is 0 Å². The van der Waals surface area contributed by atoms with Gasteiger partial charge >= 0.3 is 12.0 Å². The Morgan fingerprint density at radius 2 is 2.00 bits per heavy atom. The number of aliphatic carboxylic acids is 1. The van der Waals surface area contributed by atoms with E-state index in [9.17, 15) is 18.4 Å². The van der Waals surface area contributed by atoms with Crippen molar-refractivity contribution >= 4 is 17.7 Å². The van der Waals surface area contributed by atoms with Crippen LogP contribution in [0.3, 0.4) is 0 Å². The third kappa shape index (κ3) is 4.16. The first-order valence-corrected chi connectivity index (χ1v) is 8.21. The van der Waals surface area contributed by atoms with Gasteiger partial charge in [-0.1, -0.05) is 0 Å². The van der Waals surface area contributed by atoms with Gasteiger partial charge < -0.3 is 15.3 Å². The zero-order valence-electron chi connectivity index (χ0n) is 13.9. The molecule has 1 aliphatic rings. The monoisotopic (exact) mass is 364 g/mol. The number of aromatic nitrogens is 2. The van der Waals surface area contributed by atoms with Gasteiger partial charge in [-0.25, -0.2) is 13.6 Å². The number of carboxylic acid groups (broad SMARTS) is 1. The Balaban J connectivity index is 1.68. The van der Waals surface area contributed by atoms with Crippen LogP contribution in [0.2, 0.25) is 0 Å². The van der Waals surface area contributed by atoms with Crippen molar-refractivity contribution in [3.8, 4) is 0 Å². The molecule has 0 bridgehead atoms. The summed E-state index contributed by atoms with van der Waals surface area (Å²) in [6.07, 6.45) is 1.01. The predicted molar refractivity (Wildman–Crippen MR) is 88.6 cm³/mol. The molecule has 9 heteroatoms. The van der Waals surface area contributed by atoms with Crippen LogP contribution in [0.4, 0.5) is 19.3 Å². The predicted octanol–water partition coefficient (Wildman–Crippen LogP) is 2.62. The molecule has 2 amide bonds. The fourth-order valence-corrected chi connectivity index (χ4v) is 2.83. The lowest BCUT2D eigenvalue weighted by Crippen LogP contribution is -2.34. The van der Waals surface area contributed by atoms with Crippen LogP contribution in [0.1, 0.15) is 24.2 Å². The van der Waals surface area contributed by atoms with Crippen molar-refractivity contribution in [1.29, 1.82) is 0 Å². The Labute approximate surface area is 148 Å². The largest absolute Gasteiger partial charge is 0.481 e. The van der Waals surface area contributed by atoms with Crippen LogP contribution in [0.25, 0.3) is 0 Å². The normalized spacial score (nSPS) is 13.8. The molecule has 0 saturated heterocycles. The fraction of sp³-hybridized carbons (Fsp3) is 0.353. The number of hydrogen-bond donors (Lipinski definition) is 2. The molecule has 2 aromatic rings. The van der Waals surface area contributed by atoms with Crippen LogP contribution in [0.5, 0.6) is 0 Å². The second-order valence-electron chi connectivity index (χ2n) is 6.08. The van der Waals surface area contributed by atoms with E-state index >= 15 is 0 Å². The van der Waals surface area contributed by atoms with Crippen LogP contribution in [0, 0.1) is 11.6 Å². The molecular weight excluding hydrogens is 346 g/mol. The molecular formula is C17H18F2N4O3. The first-order chi connectivity index (χ1) is 12.4. The number of nitrogens with zero attached hydrogens (tertiary/aromatic N) is 3. The molecule has 0 unspecified atom stereocenters. The van der Waals surface area contributed by atoms with Crippen molar-refractivity contribution < 1.29 is 23.5 Å². The van der Waals surface area contributed by atoms with E-state index in [0.29, 0.717) is 38.2 Å². The Morgan fingerprint density at radius 1 is 1.19 bits per heavy atom. The number of amides is 2. The van der Waals surface area contributed by atoms with E-state index in [1.54, 1.807) is 15.6 Å².